The number of alkyl halides is 4. The molecule has 3 rings (SSSR count). The number of amides is 1. The van der Waals surface area contributed by atoms with Gasteiger partial charge in [-0.05, 0) is 38.0 Å². The maximum absolute atomic E-state index is 13.1. The molecule has 1 N–H and O–H groups in total. The average molecular weight is 460 g/mol. The summed E-state index contributed by atoms with van der Waals surface area (Å²) < 4.78 is 61.3. The Hall–Kier alpha value is -2.69. The maximum Gasteiger partial charge on any atom is 0.340 e. The number of nitrogens with one attached hydrogen (secondary N) is 1. The van der Waals surface area contributed by atoms with Gasteiger partial charge < -0.3 is 14.8 Å². The Bertz CT molecular complexity index is 979. The van der Waals surface area contributed by atoms with Gasteiger partial charge in [0.1, 0.15) is 5.75 Å². The highest BCUT2D eigenvalue weighted by Gasteiger charge is 2.44. The van der Waals surface area contributed by atoms with Crippen molar-refractivity contribution in [2.45, 2.75) is 32.1 Å². The van der Waals surface area contributed by atoms with Gasteiger partial charge in [-0.3, -0.25) is 9.59 Å². The Balaban J connectivity index is 1.68. The summed E-state index contributed by atoms with van der Waals surface area (Å²) in [5.41, 5.74) is 0.650. The number of hydrogen-bond acceptors (Lipinski definition) is 6. The van der Waals surface area contributed by atoms with Crippen molar-refractivity contribution in [2.75, 3.05) is 18.5 Å². The lowest BCUT2D eigenvalue weighted by molar-refractivity contribution is -0.184. The summed E-state index contributed by atoms with van der Waals surface area (Å²) in [6, 6.07) is 5.29. The second kappa shape index (κ2) is 9.63. The number of halogens is 4. The molecular weight excluding hydrogens is 440 g/mol. The highest BCUT2D eigenvalue weighted by molar-refractivity contribution is 7.22. The van der Waals surface area contributed by atoms with E-state index in [0.29, 0.717) is 23.0 Å². The first-order chi connectivity index (χ1) is 14.7. The summed E-state index contributed by atoms with van der Waals surface area (Å²) in [4.78, 5) is 29.3. The predicted octanol–water partition coefficient (Wildman–Crippen LogP) is 4.66. The lowest BCUT2D eigenvalue weighted by Crippen LogP contribution is -2.39. The van der Waals surface area contributed by atoms with E-state index in [9.17, 15) is 27.2 Å². The van der Waals surface area contributed by atoms with E-state index in [1.165, 1.54) is 11.3 Å². The summed E-state index contributed by atoms with van der Waals surface area (Å²) in [7, 11) is 0. The number of carbonyl (C=O) groups excluding carboxylic acids is 2. The molecule has 0 saturated heterocycles. The zero-order chi connectivity index (χ0) is 22.6. The third kappa shape index (κ3) is 5.52. The van der Waals surface area contributed by atoms with Gasteiger partial charge in [-0.1, -0.05) is 23.5 Å². The smallest absolute Gasteiger partial charge is 0.340 e. The second-order valence-corrected chi connectivity index (χ2v) is 7.93. The highest BCUT2D eigenvalue weighted by Crippen LogP contribution is 2.32. The molecule has 0 saturated carbocycles. The van der Waals surface area contributed by atoms with E-state index in [4.69, 9.17) is 4.74 Å². The minimum absolute atomic E-state index is 0.0781. The largest absolute Gasteiger partial charge is 0.494 e. The first kappa shape index (κ1) is 23.0. The van der Waals surface area contributed by atoms with Gasteiger partial charge in [0.05, 0.1) is 28.7 Å². The maximum atomic E-state index is 13.1. The number of nitrogens with zero attached hydrogens (tertiary/aromatic N) is 1. The number of anilines is 1. The fourth-order valence-electron chi connectivity index (χ4n) is 3.11. The van der Waals surface area contributed by atoms with Gasteiger partial charge in [-0.25, -0.2) is 13.8 Å². The van der Waals surface area contributed by atoms with Crippen LogP contribution >= 0.6 is 11.3 Å². The molecule has 0 spiro atoms. The molecule has 0 radical (unpaired) electrons. The van der Waals surface area contributed by atoms with Gasteiger partial charge in [0, 0.05) is 0 Å². The summed E-state index contributed by atoms with van der Waals surface area (Å²) >= 11 is 1.22. The number of aromatic nitrogens is 1. The summed E-state index contributed by atoms with van der Waals surface area (Å²) in [6.07, 6.45) is -0.388. The Kier molecular flexibility index (Phi) is 7.14. The molecule has 1 aromatic heterocycles. The average Bonchev–Trinajstić information content (AvgIpc) is 3.13. The lowest BCUT2D eigenvalue weighted by Gasteiger charge is -2.26. The molecule has 0 aliphatic heterocycles. The molecule has 2 aromatic rings. The van der Waals surface area contributed by atoms with Gasteiger partial charge in [0.2, 0.25) is 5.91 Å². The number of hydrogen-bond donors (Lipinski definition) is 1. The van der Waals surface area contributed by atoms with Crippen LogP contribution in [0.15, 0.2) is 30.4 Å². The van der Waals surface area contributed by atoms with Crippen LogP contribution in [0.1, 0.15) is 19.8 Å². The normalized spacial score (nSPS) is 18.9. The molecule has 0 fully saturated rings. The van der Waals surface area contributed by atoms with Gasteiger partial charge >= 0.3 is 18.3 Å². The van der Waals surface area contributed by atoms with E-state index in [1.807, 2.05) is 6.92 Å². The van der Waals surface area contributed by atoms with Crippen LogP contribution in [-0.2, 0) is 14.3 Å². The molecular formula is C20H20F4N2O4S. The van der Waals surface area contributed by atoms with E-state index in [0.717, 1.165) is 4.70 Å². The van der Waals surface area contributed by atoms with Crippen molar-refractivity contribution >= 4 is 38.6 Å². The Labute approximate surface area is 179 Å². The van der Waals surface area contributed by atoms with Crippen molar-refractivity contribution in [1.82, 2.24) is 4.98 Å². The van der Waals surface area contributed by atoms with Gasteiger partial charge in [0.25, 0.3) is 0 Å². The fourth-order valence-corrected chi connectivity index (χ4v) is 4.01. The fraction of sp³-hybridized carbons (Fsp3) is 0.450. The van der Waals surface area contributed by atoms with Crippen LogP contribution in [0.25, 0.3) is 10.2 Å². The number of esters is 1. The molecule has 1 heterocycles. The van der Waals surface area contributed by atoms with Crippen molar-refractivity contribution in [3.8, 4) is 5.75 Å². The summed E-state index contributed by atoms with van der Waals surface area (Å²) in [5, 5.41) is 2.95. The number of allylic oxidation sites excluding steroid dienone is 2. The van der Waals surface area contributed by atoms with E-state index >= 15 is 0 Å². The van der Waals surface area contributed by atoms with Crippen LogP contribution in [-0.4, -0.2) is 42.4 Å². The minimum atomic E-state index is -4.45. The van der Waals surface area contributed by atoms with Gasteiger partial charge in [-0.15, -0.1) is 0 Å². The molecule has 2 unspecified atom stereocenters. The number of thiazole rings is 1. The quantitative estimate of drug-likeness (QED) is 0.352. The standard InChI is InChI=1S/C20H20F4N2O4S/c1-2-29-11-7-8-14-15(9-11)31-19(25-14)26-16(27)12-5-3-4-6-13(12)17(28)30-10-20(23,24)18(21)22/h3-4,7-9,12-13,18H,2,5-6,10H2,1H3,(H,25,26,27). The number of carbonyl (C=O) groups is 2. The number of rotatable bonds is 8. The number of benzene rings is 1. The Morgan fingerprint density at radius 3 is 2.65 bits per heavy atom. The molecule has 2 atom stereocenters. The molecule has 31 heavy (non-hydrogen) atoms. The molecule has 1 aliphatic rings. The predicted molar refractivity (Wildman–Crippen MR) is 107 cm³/mol. The zero-order valence-corrected chi connectivity index (χ0v) is 17.3. The third-order valence-electron chi connectivity index (χ3n) is 4.70. The molecule has 1 aliphatic carbocycles. The summed E-state index contributed by atoms with van der Waals surface area (Å²) in [6.45, 7) is 0.624. The Morgan fingerprint density at radius 1 is 1.26 bits per heavy atom. The number of ether oxygens (including phenoxy) is 2. The first-order valence-corrected chi connectivity index (χ1v) is 10.3. The number of fused-ring (bicyclic) bond motifs is 1. The highest BCUT2D eigenvalue weighted by atomic mass is 32.1. The van der Waals surface area contributed by atoms with E-state index in [1.54, 1.807) is 30.4 Å². The molecule has 1 amide bonds. The first-order valence-electron chi connectivity index (χ1n) is 9.53. The van der Waals surface area contributed by atoms with Crippen LogP contribution in [0, 0.1) is 11.8 Å². The zero-order valence-electron chi connectivity index (χ0n) is 16.4. The van der Waals surface area contributed by atoms with Crippen molar-refractivity contribution in [3.63, 3.8) is 0 Å². The van der Waals surface area contributed by atoms with E-state index in [-0.39, 0.29) is 12.8 Å². The molecule has 0 bridgehead atoms. The van der Waals surface area contributed by atoms with Gasteiger partial charge in [0.15, 0.2) is 11.7 Å². The van der Waals surface area contributed by atoms with E-state index < -0.39 is 42.7 Å². The van der Waals surface area contributed by atoms with Crippen LogP contribution < -0.4 is 10.1 Å². The Morgan fingerprint density at radius 2 is 1.97 bits per heavy atom. The van der Waals surface area contributed by atoms with Crippen molar-refractivity contribution in [1.29, 1.82) is 0 Å². The summed E-state index contributed by atoms with van der Waals surface area (Å²) in [5.74, 6) is -7.39. The van der Waals surface area contributed by atoms with Crippen LogP contribution in [0.5, 0.6) is 5.75 Å². The second-order valence-electron chi connectivity index (χ2n) is 6.90. The topological polar surface area (TPSA) is 77.5 Å². The van der Waals surface area contributed by atoms with E-state index in [2.05, 4.69) is 15.0 Å². The van der Waals surface area contributed by atoms with Crippen LogP contribution in [0.2, 0.25) is 0 Å². The molecule has 11 heteroatoms. The molecule has 1 aromatic carbocycles. The van der Waals surface area contributed by atoms with Crippen molar-refractivity contribution in [3.05, 3.63) is 30.4 Å². The third-order valence-corrected chi connectivity index (χ3v) is 5.63. The molecule has 168 valence electrons. The van der Waals surface area contributed by atoms with Crippen molar-refractivity contribution in [2.24, 2.45) is 11.8 Å². The SMILES string of the molecule is CCOc1ccc2nc(NC(=O)C3CC=CCC3C(=O)OCC(F)(F)C(F)F)sc2c1. The molecule has 6 nitrogen and oxygen atoms in total. The monoisotopic (exact) mass is 460 g/mol. The van der Waals surface area contributed by atoms with Gasteiger partial charge in [-0.2, -0.15) is 8.78 Å². The lowest BCUT2D eigenvalue weighted by atomic mass is 9.82. The van der Waals surface area contributed by atoms with Crippen LogP contribution in [0.4, 0.5) is 22.7 Å². The van der Waals surface area contributed by atoms with Crippen LogP contribution in [0.3, 0.4) is 0 Å². The minimum Gasteiger partial charge on any atom is -0.494 e. The van der Waals surface area contributed by atoms with Crippen molar-refractivity contribution < 1.29 is 36.6 Å².